The lowest BCUT2D eigenvalue weighted by molar-refractivity contribution is -0.0452. The van der Waals surface area contributed by atoms with Gasteiger partial charge in [-0.2, -0.15) is 0 Å². The van der Waals surface area contributed by atoms with Gasteiger partial charge in [-0.25, -0.2) is 4.39 Å². The summed E-state index contributed by atoms with van der Waals surface area (Å²) in [5.74, 6) is -0.0356. The lowest BCUT2D eigenvalue weighted by atomic mass is 9.93. The summed E-state index contributed by atoms with van der Waals surface area (Å²) in [5, 5.41) is 11.1. The van der Waals surface area contributed by atoms with Gasteiger partial charge < -0.3 is 14.3 Å². The molecule has 1 aromatic heterocycles. The molecule has 4 heteroatoms. The number of benzene rings is 1. The number of fused-ring (bicyclic) bond motifs is 1. The highest BCUT2D eigenvalue weighted by Crippen LogP contribution is 2.38. The molecule has 2 unspecified atom stereocenters. The lowest BCUT2D eigenvalue weighted by Crippen LogP contribution is -2.32. The van der Waals surface area contributed by atoms with E-state index < -0.39 is 11.4 Å². The average molecular weight is 236 g/mol. The summed E-state index contributed by atoms with van der Waals surface area (Å²) in [5.41, 5.74) is -0.958. The Kier molecular flexibility index (Phi) is 2.24. The van der Waals surface area contributed by atoms with Crippen molar-refractivity contribution >= 4 is 11.0 Å². The van der Waals surface area contributed by atoms with Crippen LogP contribution in [0.4, 0.5) is 4.39 Å². The van der Waals surface area contributed by atoms with Crippen LogP contribution in [0.25, 0.3) is 11.0 Å². The molecule has 1 aliphatic heterocycles. The van der Waals surface area contributed by atoms with Gasteiger partial charge in [-0.3, -0.25) is 0 Å². The van der Waals surface area contributed by atoms with Crippen LogP contribution < -0.4 is 0 Å². The zero-order chi connectivity index (χ0) is 12.0. The number of aliphatic hydroxyl groups is 1. The fourth-order valence-corrected chi connectivity index (χ4v) is 2.30. The summed E-state index contributed by atoms with van der Waals surface area (Å²) in [6, 6.07) is 6.41. The quantitative estimate of drug-likeness (QED) is 0.827. The molecule has 0 radical (unpaired) electrons. The van der Waals surface area contributed by atoms with Gasteiger partial charge in [0, 0.05) is 11.8 Å². The van der Waals surface area contributed by atoms with E-state index in [-0.39, 0.29) is 11.7 Å². The first-order valence-corrected chi connectivity index (χ1v) is 5.64. The number of halogens is 1. The van der Waals surface area contributed by atoms with E-state index in [9.17, 15) is 9.50 Å². The highest BCUT2D eigenvalue weighted by molar-refractivity contribution is 5.78. The molecule has 1 fully saturated rings. The fourth-order valence-electron chi connectivity index (χ4n) is 2.30. The normalized spacial score (nSPS) is 29.0. The summed E-state index contributed by atoms with van der Waals surface area (Å²) in [6.45, 7) is 2.27. The van der Waals surface area contributed by atoms with Crippen molar-refractivity contribution in [1.29, 1.82) is 0 Å². The molecule has 0 saturated carbocycles. The minimum atomic E-state index is -1.15. The third-order valence-corrected chi connectivity index (χ3v) is 3.45. The largest absolute Gasteiger partial charge is 0.455 e. The first-order valence-electron chi connectivity index (χ1n) is 5.64. The van der Waals surface area contributed by atoms with Gasteiger partial charge in [0.2, 0.25) is 0 Å². The Balaban J connectivity index is 2.15. The number of ether oxygens (including phenoxy) is 1. The molecule has 2 atom stereocenters. The van der Waals surface area contributed by atoms with E-state index >= 15 is 0 Å². The average Bonchev–Trinajstić information content (AvgIpc) is 2.86. The van der Waals surface area contributed by atoms with Crippen molar-refractivity contribution in [2.75, 3.05) is 6.61 Å². The summed E-state index contributed by atoms with van der Waals surface area (Å²) in [7, 11) is 0. The molecule has 0 aliphatic carbocycles. The molecule has 3 rings (SSSR count). The van der Waals surface area contributed by atoms with Crippen LogP contribution >= 0.6 is 0 Å². The standard InChI is InChI=1S/C13H13FO3/c1-8-13(15,5-6-16-8)11-7-9-3-2-4-10(14)12(9)17-11/h2-4,7-8,15H,5-6H2,1H3. The Morgan fingerprint density at radius 3 is 2.94 bits per heavy atom. The fraction of sp³-hybridized carbons (Fsp3) is 0.385. The summed E-state index contributed by atoms with van der Waals surface area (Å²) < 4.78 is 24.3. The molecule has 1 N–H and O–H groups in total. The number of furan rings is 1. The lowest BCUT2D eigenvalue weighted by Gasteiger charge is -2.22. The van der Waals surface area contributed by atoms with Crippen molar-refractivity contribution in [3.05, 3.63) is 35.8 Å². The molecule has 0 bridgehead atoms. The van der Waals surface area contributed by atoms with E-state index in [2.05, 4.69) is 0 Å². The molecular formula is C13H13FO3. The van der Waals surface area contributed by atoms with Gasteiger partial charge in [0.1, 0.15) is 11.4 Å². The Hall–Kier alpha value is -1.39. The van der Waals surface area contributed by atoms with Gasteiger partial charge in [-0.15, -0.1) is 0 Å². The molecule has 2 aromatic rings. The van der Waals surface area contributed by atoms with Gasteiger partial charge in [-0.05, 0) is 19.1 Å². The maximum Gasteiger partial charge on any atom is 0.170 e. The second-order valence-corrected chi connectivity index (χ2v) is 4.46. The highest BCUT2D eigenvalue weighted by atomic mass is 19.1. The SMILES string of the molecule is CC1OCCC1(O)c1cc2cccc(F)c2o1. The maximum atomic E-state index is 13.5. The predicted molar refractivity (Wildman–Crippen MR) is 60.1 cm³/mol. The Morgan fingerprint density at radius 1 is 1.47 bits per heavy atom. The summed E-state index contributed by atoms with van der Waals surface area (Å²) in [6.07, 6.45) is 0.126. The zero-order valence-corrected chi connectivity index (χ0v) is 9.44. The van der Waals surface area contributed by atoms with Gasteiger partial charge in [0.25, 0.3) is 0 Å². The van der Waals surface area contributed by atoms with Crippen molar-refractivity contribution in [2.45, 2.75) is 25.0 Å². The highest BCUT2D eigenvalue weighted by Gasteiger charge is 2.44. The molecule has 1 aromatic carbocycles. The Morgan fingerprint density at radius 2 is 2.29 bits per heavy atom. The monoisotopic (exact) mass is 236 g/mol. The molecule has 1 aliphatic rings. The van der Waals surface area contributed by atoms with Crippen LogP contribution in [0.3, 0.4) is 0 Å². The van der Waals surface area contributed by atoms with Crippen molar-refractivity contribution in [3.63, 3.8) is 0 Å². The molecule has 1 saturated heterocycles. The van der Waals surface area contributed by atoms with Crippen LogP contribution in [0.1, 0.15) is 19.1 Å². The van der Waals surface area contributed by atoms with Gasteiger partial charge in [0.15, 0.2) is 11.4 Å². The second kappa shape index (κ2) is 3.55. The van der Waals surface area contributed by atoms with Crippen LogP contribution in [-0.4, -0.2) is 17.8 Å². The number of hydrogen-bond acceptors (Lipinski definition) is 3. The zero-order valence-electron chi connectivity index (χ0n) is 9.44. The summed E-state index contributed by atoms with van der Waals surface area (Å²) in [4.78, 5) is 0. The molecule has 0 amide bonds. The first kappa shape index (κ1) is 10.7. The molecule has 0 spiro atoms. The smallest absolute Gasteiger partial charge is 0.170 e. The molecular weight excluding hydrogens is 223 g/mol. The third kappa shape index (κ3) is 1.48. The van der Waals surface area contributed by atoms with Crippen LogP contribution in [0, 0.1) is 5.82 Å². The number of para-hydroxylation sites is 1. The van der Waals surface area contributed by atoms with Gasteiger partial charge >= 0.3 is 0 Å². The molecule has 17 heavy (non-hydrogen) atoms. The van der Waals surface area contributed by atoms with E-state index in [1.54, 1.807) is 25.1 Å². The Labute approximate surface area is 97.8 Å². The van der Waals surface area contributed by atoms with Crippen LogP contribution in [0.15, 0.2) is 28.7 Å². The molecule has 3 nitrogen and oxygen atoms in total. The van der Waals surface area contributed by atoms with Crippen LogP contribution in [0.5, 0.6) is 0 Å². The van der Waals surface area contributed by atoms with Crippen molar-refractivity contribution in [3.8, 4) is 0 Å². The Bertz CT molecular complexity index is 563. The van der Waals surface area contributed by atoms with E-state index in [1.807, 2.05) is 0 Å². The van der Waals surface area contributed by atoms with E-state index in [4.69, 9.17) is 9.15 Å². The van der Waals surface area contributed by atoms with E-state index in [0.29, 0.717) is 24.2 Å². The van der Waals surface area contributed by atoms with Gasteiger partial charge in [0.05, 0.1) is 12.7 Å². The van der Waals surface area contributed by atoms with Crippen molar-refractivity contribution in [1.82, 2.24) is 0 Å². The van der Waals surface area contributed by atoms with Crippen LogP contribution in [0.2, 0.25) is 0 Å². The number of hydrogen-bond donors (Lipinski definition) is 1. The molecule has 2 heterocycles. The second-order valence-electron chi connectivity index (χ2n) is 4.46. The predicted octanol–water partition coefficient (Wildman–Crippen LogP) is 2.57. The van der Waals surface area contributed by atoms with Crippen molar-refractivity contribution in [2.24, 2.45) is 0 Å². The van der Waals surface area contributed by atoms with E-state index in [1.165, 1.54) is 6.07 Å². The first-order chi connectivity index (χ1) is 8.11. The summed E-state index contributed by atoms with van der Waals surface area (Å²) >= 11 is 0. The minimum Gasteiger partial charge on any atom is -0.455 e. The maximum absolute atomic E-state index is 13.5. The van der Waals surface area contributed by atoms with Crippen LogP contribution in [-0.2, 0) is 10.3 Å². The van der Waals surface area contributed by atoms with E-state index in [0.717, 1.165) is 0 Å². The van der Waals surface area contributed by atoms with Gasteiger partial charge in [-0.1, -0.05) is 12.1 Å². The third-order valence-electron chi connectivity index (χ3n) is 3.45. The number of rotatable bonds is 1. The topological polar surface area (TPSA) is 42.6 Å². The molecule has 90 valence electrons. The van der Waals surface area contributed by atoms with Crippen molar-refractivity contribution < 1.29 is 18.7 Å². The minimum absolute atomic E-state index is 0.190.